The number of nitrogens with zero attached hydrogens (tertiary/aromatic N) is 2. The molecule has 4 rings (SSSR count). The van der Waals surface area contributed by atoms with Gasteiger partial charge < -0.3 is 29.0 Å². The number of nitrogens with one attached hydrogen (secondary N) is 1. The van der Waals surface area contributed by atoms with Crippen molar-refractivity contribution in [2.75, 3.05) is 33.2 Å². The number of benzene rings is 2. The molecule has 3 aromatic rings. The van der Waals surface area contributed by atoms with Gasteiger partial charge in [0.25, 0.3) is 0 Å². The largest absolute Gasteiger partial charge is 0.493 e. The number of methoxy groups -OCH3 is 3. The second-order valence-electron chi connectivity index (χ2n) is 8.07. The van der Waals surface area contributed by atoms with Gasteiger partial charge >= 0.3 is 0 Å². The predicted octanol–water partition coefficient (Wildman–Crippen LogP) is 5.19. The molecule has 0 saturated carbocycles. The number of anilines is 1. The van der Waals surface area contributed by atoms with E-state index in [0.29, 0.717) is 22.4 Å². The number of hydrogen-bond acceptors (Lipinski definition) is 4. The Balaban J connectivity index is 1.78. The van der Waals surface area contributed by atoms with E-state index in [1.54, 1.807) is 21.3 Å². The Labute approximate surface area is 201 Å². The van der Waals surface area contributed by atoms with Crippen molar-refractivity contribution in [2.24, 2.45) is 0 Å². The molecule has 0 fully saturated rings. The average Bonchev–Trinajstić information content (AvgIpc) is 3.32. The van der Waals surface area contributed by atoms with Gasteiger partial charge in [0.15, 0.2) is 16.6 Å². The lowest BCUT2D eigenvalue weighted by molar-refractivity contribution is 0.288. The monoisotopic (exact) mass is 465 g/mol. The predicted molar refractivity (Wildman–Crippen MR) is 136 cm³/mol. The maximum absolute atomic E-state index is 5.99. The minimum Gasteiger partial charge on any atom is -0.493 e. The fourth-order valence-corrected chi connectivity index (χ4v) is 4.89. The van der Waals surface area contributed by atoms with Crippen LogP contribution in [0.2, 0.25) is 0 Å². The molecule has 1 atom stereocenters. The second kappa shape index (κ2) is 9.75. The number of rotatable bonds is 6. The Bertz CT molecular complexity index is 1130. The van der Waals surface area contributed by atoms with Crippen molar-refractivity contribution in [3.05, 3.63) is 71.0 Å². The van der Waals surface area contributed by atoms with E-state index in [9.17, 15) is 0 Å². The first-order valence-corrected chi connectivity index (χ1v) is 11.5. The normalized spacial score (nSPS) is 15.1. The summed E-state index contributed by atoms with van der Waals surface area (Å²) in [4.78, 5) is 2.25. The number of para-hydroxylation sites is 1. The fourth-order valence-electron chi connectivity index (χ4n) is 4.59. The van der Waals surface area contributed by atoms with Crippen molar-refractivity contribution in [1.29, 1.82) is 0 Å². The summed E-state index contributed by atoms with van der Waals surface area (Å²) in [7, 11) is 4.89. The summed E-state index contributed by atoms with van der Waals surface area (Å²) < 4.78 is 19.1. The van der Waals surface area contributed by atoms with Crippen molar-refractivity contribution < 1.29 is 14.2 Å². The summed E-state index contributed by atoms with van der Waals surface area (Å²) in [6.45, 7) is 5.92. The summed E-state index contributed by atoms with van der Waals surface area (Å²) in [5, 5.41) is 4.26. The molecule has 1 aromatic heterocycles. The van der Waals surface area contributed by atoms with E-state index in [1.165, 1.54) is 16.8 Å². The third-order valence-electron chi connectivity index (χ3n) is 6.27. The maximum Gasteiger partial charge on any atom is 0.203 e. The molecule has 1 aliphatic rings. The highest BCUT2D eigenvalue weighted by molar-refractivity contribution is 7.80. The van der Waals surface area contributed by atoms with Crippen LogP contribution in [0.3, 0.4) is 0 Å². The lowest BCUT2D eigenvalue weighted by Crippen LogP contribution is -2.44. The van der Waals surface area contributed by atoms with Gasteiger partial charge in [0.05, 0.1) is 27.4 Å². The van der Waals surface area contributed by atoms with Gasteiger partial charge in [0.1, 0.15) is 0 Å². The van der Waals surface area contributed by atoms with E-state index >= 15 is 0 Å². The van der Waals surface area contributed by atoms with Crippen LogP contribution >= 0.6 is 12.2 Å². The molecule has 0 saturated heterocycles. The molecule has 2 heterocycles. The van der Waals surface area contributed by atoms with E-state index in [4.69, 9.17) is 26.4 Å². The quantitative estimate of drug-likeness (QED) is 0.506. The number of hydrogen-bond donors (Lipinski definition) is 1. The Kier molecular flexibility index (Phi) is 6.79. The van der Waals surface area contributed by atoms with Crippen molar-refractivity contribution in [1.82, 2.24) is 9.47 Å². The van der Waals surface area contributed by atoms with Gasteiger partial charge in [-0.2, -0.15) is 0 Å². The molecule has 2 aromatic carbocycles. The molecule has 6 nitrogen and oxygen atoms in total. The number of aromatic nitrogens is 1. The summed E-state index contributed by atoms with van der Waals surface area (Å²) in [6.07, 6.45) is 3.05. The van der Waals surface area contributed by atoms with Crippen molar-refractivity contribution >= 4 is 23.0 Å². The summed E-state index contributed by atoms with van der Waals surface area (Å²) >= 11 is 5.99. The van der Waals surface area contributed by atoms with Gasteiger partial charge in [-0.15, -0.1) is 0 Å². The van der Waals surface area contributed by atoms with Gasteiger partial charge in [-0.3, -0.25) is 0 Å². The molecular formula is C26H31N3O3S. The second-order valence-corrected chi connectivity index (χ2v) is 8.46. The zero-order chi connectivity index (χ0) is 23.5. The van der Waals surface area contributed by atoms with Crippen LogP contribution in [0, 0.1) is 6.92 Å². The topological polar surface area (TPSA) is 47.9 Å². The van der Waals surface area contributed by atoms with Gasteiger partial charge in [-0.1, -0.05) is 25.1 Å². The molecule has 1 N–H and O–H groups in total. The molecule has 0 amide bonds. The first kappa shape index (κ1) is 23.0. The van der Waals surface area contributed by atoms with E-state index in [0.717, 1.165) is 30.8 Å². The van der Waals surface area contributed by atoms with Gasteiger partial charge in [0.2, 0.25) is 5.75 Å². The van der Waals surface area contributed by atoms with E-state index < -0.39 is 0 Å². The third-order valence-corrected chi connectivity index (χ3v) is 6.61. The maximum atomic E-state index is 5.99. The lowest BCUT2D eigenvalue weighted by Gasteiger charge is -2.39. The van der Waals surface area contributed by atoms with Crippen LogP contribution in [0.4, 0.5) is 5.69 Å². The molecule has 0 spiro atoms. The first-order valence-electron chi connectivity index (χ1n) is 11.1. The molecule has 7 heteroatoms. The zero-order valence-electron chi connectivity index (χ0n) is 19.8. The third kappa shape index (κ3) is 4.25. The molecule has 1 unspecified atom stereocenters. The van der Waals surface area contributed by atoms with Crippen LogP contribution < -0.4 is 19.5 Å². The smallest absolute Gasteiger partial charge is 0.203 e. The molecule has 174 valence electrons. The van der Waals surface area contributed by atoms with Crippen LogP contribution in [0.5, 0.6) is 17.2 Å². The molecule has 0 aliphatic carbocycles. The number of aryl methyl sites for hydroxylation is 2. The first-order chi connectivity index (χ1) is 16.0. The van der Waals surface area contributed by atoms with Crippen LogP contribution in [-0.4, -0.2) is 42.5 Å². The van der Waals surface area contributed by atoms with Crippen molar-refractivity contribution in [2.45, 2.75) is 32.9 Å². The summed E-state index contributed by atoms with van der Waals surface area (Å²) in [6, 6.07) is 14.5. The van der Waals surface area contributed by atoms with E-state index in [-0.39, 0.29) is 6.04 Å². The number of ether oxygens (including phenoxy) is 3. The van der Waals surface area contributed by atoms with Gasteiger partial charge in [0, 0.05) is 30.7 Å². The fraction of sp³-hybridized carbons (Fsp3) is 0.346. The highest BCUT2D eigenvalue weighted by Crippen LogP contribution is 2.43. The molecular weight excluding hydrogens is 434 g/mol. The Morgan fingerprint density at radius 3 is 2.39 bits per heavy atom. The van der Waals surface area contributed by atoms with Gasteiger partial charge in [-0.05, 0) is 66.5 Å². The Hall–Kier alpha value is -3.19. The van der Waals surface area contributed by atoms with Crippen molar-refractivity contribution in [3.63, 3.8) is 0 Å². The van der Waals surface area contributed by atoms with E-state index in [1.807, 2.05) is 12.1 Å². The average molecular weight is 466 g/mol. The minimum absolute atomic E-state index is 0.100. The molecule has 33 heavy (non-hydrogen) atoms. The van der Waals surface area contributed by atoms with Crippen LogP contribution in [0.1, 0.15) is 35.3 Å². The molecule has 0 radical (unpaired) electrons. The van der Waals surface area contributed by atoms with Crippen LogP contribution in [0.15, 0.2) is 48.7 Å². The highest BCUT2D eigenvalue weighted by atomic mass is 32.1. The van der Waals surface area contributed by atoms with E-state index in [2.05, 4.69) is 65.2 Å². The van der Waals surface area contributed by atoms with Crippen LogP contribution in [0.25, 0.3) is 0 Å². The standard InChI is InChI=1S/C26H31N3O3S/c1-6-18-10-7-9-17(2)23(18)27-26(33)29-14-13-28-12-8-11-20(28)24(29)19-15-21(30-3)25(32-5)22(16-19)31-4/h7-12,15-16,24H,6,13-14H2,1-5H3,(H,27,33). The summed E-state index contributed by atoms with van der Waals surface area (Å²) in [5.41, 5.74) is 5.71. The molecule has 0 bridgehead atoms. The SMILES string of the molecule is CCc1cccc(C)c1NC(=S)N1CCn2cccc2C1c1cc(OC)c(OC)c(OC)c1. The lowest BCUT2D eigenvalue weighted by atomic mass is 9.99. The van der Waals surface area contributed by atoms with Crippen molar-refractivity contribution in [3.8, 4) is 17.2 Å². The Morgan fingerprint density at radius 2 is 1.76 bits per heavy atom. The zero-order valence-corrected chi connectivity index (χ0v) is 20.7. The summed E-state index contributed by atoms with van der Waals surface area (Å²) in [5.74, 6) is 1.83. The molecule has 1 aliphatic heterocycles. The Morgan fingerprint density at radius 1 is 1.03 bits per heavy atom. The number of thiocarbonyl (C=S) groups is 1. The van der Waals surface area contributed by atoms with Crippen LogP contribution in [-0.2, 0) is 13.0 Å². The number of fused-ring (bicyclic) bond motifs is 1. The highest BCUT2D eigenvalue weighted by Gasteiger charge is 2.32. The minimum atomic E-state index is -0.100. The van der Waals surface area contributed by atoms with Gasteiger partial charge in [-0.25, -0.2) is 0 Å².